The number of likely N-dealkylation sites (tertiary alicyclic amines) is 1. The molecule has 4 rings (SSSR count). The van der Waals surface area contributed by atoms with Gasteiger partial charge in [0.15, 0.2) is 0 Å². The molecule has 1 fully saturated rings. The summed E-state index contributed by atoms with van der Waals surface area (Å²) in [5.41, 5.74) is 3.32. The van der Waals surface area contributed by atoms with E-state index in [1.165, 1.54) is 10.6 Å². The summed E-state index contributed by atoms with van der Waals surface area (Å²) in [6, 6.07) is 18.2. The predicted molar refractivity (Wildman–Crippen MR) is 129 cm³/mol. The van der Waals surface area contributed by atoms with E-state index in [-0.39, 0.29) is 24.7 Å². The maximum Gasteiger partial charge on any atom is 0.243 e. The summed E-state index contributed by atoms with van der Waals surface area (Å²) in [6.07, 6.45) is 5.51. The van der Waals surface area contributed by atoms with Crippen molar-refractivity contribution in [2.45, 2.75) is 44.9 Å². The molecule has 174 valence electrons. The number of amides is 2. The predicted octanol–water partition coefficient (Wildman–Crippen LogP) is 4.28. The first-order chi connectivity index (χ1) is 16.1. The molecule has 6 nitrogen and oxygen atoms in total. The molecule has 6 heteroatoms. The van der Waals surface area contributed by atoms with E-state index in [9.17, 15) is 9.59 Å². The topological polar surface area (TPSA) is 62.2 Å². The second kappa shape index (κ2) is 11.1. The molecule has 2 aromatic carbocycles. The first-order valence-electron chi connectivity index (χ1n) is 12.0. The Morgan fingerprint density at radius 3 is 2.33 bits per heavy atom. The van der Waals surface area contributed by atoms with Crippen LogP contribution < -0.4 is 4.74 Å². The monoisotopic (exact) mass is 447 g/mol. The number of nitrogens with zero attached hydrogens (tertiary/aromatic N) is 3. The molecule has 1 saturated heterocycles. The van der Waals surface area contributed by atoms with Gasteiger partial charge in [-0.2, -0.15) is 5.10 Å². The first kappa shape index (κ1) is 23.0. The van der Waals surface area contributed by atoms with E-state index in [4.69, 9.17) is 4.74 Å². The molecule has 0 bridgehead atoms. The SMILES string of the molecule is COc1ccc(CCC2CCN(C(=O)CCC(=O)N3CCC(c4ccccc4)=N3)CC2)cc1. The molecule has 2 amide bonds. The van der Waals surface area contributed by atoms with Crippen LogP contribution >= 0.6 is 0 Å². The minimum absolute atomic E-state index is 0.0661. The summed E-state index contributed by atoms with van der Waals surface area (Å²) in [5, 5.41) is 6.01. The van der Waals surface area contributed by atoms with Crippen LogP contribution in [0.25, 0.3) is 0 Å². The number of piperidine rings is 1. The van der Waals surface area contributed by atoms with Crippen molar-refractivity contribution in [2.24, 2.45) is 11.0 Å². The van der Waals surface area contributed by atoms with Crippen LogP contribution in [0.5, 0.6) is 5.75 Å². The number of ether oxygens (including phenoxy) is 1. The number of methoxy groups -OCH3 is 1. The van der Waals surface area contributed by atoms with Crippen LogP contribution in [-0.2, 0) is 16.0 Å². The van der Waals surface area contributed by atoms with Gasteiger partial charge in [-0.15, -0.1) is 0 Å². The summed E-state index contributed by atoms with van der Waals surface area (Å²) in [5.74, 6) is 1.55. The number of rotatable bonds is 8. The Morgan fingerprint density at radius 2 is 1.64 bits per heavy atom. The highest BCUT2D eigenvalue weighted by atomic mass is 16.5. The second-order valence-corrected chi connectivity index (χ2v) is 8.89. The van der Waals surface area contributed by atoms with Gasteiger partial charge in [0.05, 0.1) is 19.4 Å². The van der Waals surface area contributed by atoms with Crippen molar-refractivity contribution in [3.8, 4) is 5.75 Å². The van der Waals surface area contributed by atoms with E-state index in [1.54, 1.807) is 7.11 Å². The van der Waals surface area contributed by atoms with Gasteiger partial charge < -0.3 is 9.64 Å². The molecule has 2 aliphatic heterocycles. The lowest BCUT2D eigenvalue weighted by Crippen LogP contribution is -2.39. The zero-order valence-corrected chi connectivity index (χ0v) is 19.4. The third kappa shape index (κ3) is 6.21. The minimum atomic E-state index is -0.0661. The fraction of sp³-hybridized carbons (Fsp3) is 0.444. The van der Waals surface area contributed by atoms with E-state index in [1.807, 2.05) is 47.4 Å². The van der Waals surface area contributed by atoms with Gasteiger partial charge in [-0.3, -0.25) is 9.59 Å². The minimum Gasteiger partial charge on any atom is -0.497 e. The lowest BCUT2D eigenvalue weighted by Gasteiger charge is -2.32. The van der Waals surface area contributed by atoms with Crippen molar-refractivity contribution in [2.75, 3.05) is 26.7 Å². The number of benzene rings is 2. The molecule has 0 N–H and O–H groups in total. The molecular formula is C27H33N3O3. The van der Waals surface area contributed by atoms with E-state index < -0.39 is 0 Å². The van der Waals surface area contributed by atoms with Crippen LogP contribution in [-0.4, -0.2) is 54.2 Å². The number of carbonyl (C=O) groups is 2. The van der Waals surface area contributed by atoms with Crippen molar-refractivity contribution in [1.82, 2.24) is 9.91 Å². The fourth-order valence-corrected chi connectivity index (χ4v) is 4.61. The van der Waals surface area contributed by atoms with Gasteiger partial charge in [0.2, 0.25) is 11.8 Å². The molecule has 0 aliphatic carbocycles. The molecule has 0 saturated carbocycles. The van der Waals surface area contributed by atoms with Gasteiger partial charge in [0.25, 0.3) is 0 Å². The highest BCUT2D eigenvalue weighted by Crippen LogP contribution is 2.24. The van der Waals surface area contributed by atoms with Crippen molar-refractivity contribution in [3.05, 3.63) is 65.7 Å². The number of hydrogen-bond acceptors (Lipinski definition) is 4. The largest absolute Gasteiger partial charge is 0.497 e. The van der Waals surface area contributed by atoms with E-state index in [0.29, 0.717) is 12.5 Å². The highest BCUT2D eigenvalue weighted by molar-refractivity contribution is 6.02. The van der Waals surface area contributed by atoms with Gasteiger partial charge in [0.1, 0.15) is 5.75 Å². The van der Waals surface area contributed by atoms with Crippen LogP contribution in [0.2, 0.25) is 0 Å². The van der Waals surface area contributed by atoms with Gasteiger partial charge >= 0.3 is 0 Å². The van der Waals surface area contributed by atoms with E-state index >= 15 is 0 Å². The zero-order chi connectivity index (χ0) is 23.0. The summed E-state index contributed by atoms with van der Waals surface area (Å²) in [4.78, 5) is 27.1. The van der Waals surface area contributed by atoms with E-state index in [0.717, 1.165) is 62.2 Å². The van der Waals surface area contributed by atoms with Gasteiger partial charge in [-0.1, -0.05) is 42.5 Å². The zero-order valence-electron chi connectivity index (χ0n) is 19.4. The molecule has 2 aromatic rings. The summed E-state index contributed by atoms with van der Waals surface area (Å²) in [6.45, 7) is 2.18. The highest BCUT2D eigenvalue weighted by Gasteiger charge is 2.25. The van der Waals surface area contributed by atoms with Gasteiger partial charge in [-0.25, -0.2) is 5.01 Å². The molecule has 2 heterocycles. The van der Waals surface area contributed by atoms with Crippen LogP contribution in [0.4, 0.5) is 0 Å². The Hall–Kier alpha value is -3.15. The number of hydrazone groups is 1. The number of aryl methyl sites for hydroxylation is 1. The third-order valence-electron chi connectivity index (χ3n) is 6.72. The average molecular weight is 448 g/mol. The van der Waals surface area contributed by atoms with E-state index in [2.05, 4.69) is 17.2 Å². The fourth-order valence-electron chi connectivity index (χ4n) is 4.61. The Morgan fingerprint density at radius 1 is 0.939 bits per heavy atom. The lowest BCUT2D eigenvalue weighted by atomic mass is 9.90. The number of hydrogen-bond donors (Lipinski definition) is 0. The average Bonchev–Trinajstić information content (AvgIpc) is 3.37. The van der Waals surface area contributed by atoms with Crippen molar-refractivity contribution in [1.29, 1.82) is 0 Å². The Kier molecular flexibility index (Phi) is 7.76. The van der Waals surface area contributed by atoms with Gasteiger partial charge in [-0.05, 0) is 54.9 Å². The van der Waals surface area contributed by atoms with Crippen LogP contribution in [0, 0.1) is 5.92 Å². The quantitative estimate of drug-likeness (QED) is 0.607. The molecule has 0 spiro atoms. The van der Waals surface area contributed by atoms with Crippen LogP contribution in [0.15, 0.2) is 59.7 Å². The molecule has 2 aliphatic rings. The number of carbonyl (C=O) groups excluding carboxylic acids is 2. The maximum atomic E-state index is 12.7. The normalized spacial score (nSPS) is 16.6. The summed E-state index contributed by atoms with van der Waals surface area (Å²) >= 11 is 0. The lowest BCUT2D eigenvalue weighted by molar-refractivity contribution is -0.137. The second-order valence-electron chi connectivity index (χ2n) is 8.89. The molecule has 0 radical (unpaired) electrons. The van der Waals surface area contributed by atoms with Gasteiger partial charge in [0, 0.05) is 32.4 Å². The van der Waals surface area contributed by atoms with Crippen molar-refractivity contribution < 1.29 is 14.3 Å². The molecular weight excluding hydrogens is 414 g/mol. The maximum absolute atomic E-state index is 12.7. The molecule has 0 aromatic heterocycles. The van der Waals surface area contributed by atoms with Crippen molar-refractivity contribution in [3.63, 3.8) is 0 Å². The summed E-state index contributed by atoms with van der Waals surface area (Å²) < 4.78 is 5.22. The molecule has 0 atom stereocenters. The van der Waals surface area contributed by atoms with Crippen molar-refractivity contribution >= 4 is 17.5 Å². The van der Waals surface area contributed by atoms with Crippen LogP contribution in [0.3, 0.4) is 0 Å². The smallest absolute Gasteiger partial charge is 0.243 e. The molecule has 33 heavy (non-hydrogen) atoms. The third-order valence-corrected chi connectivity index (χ3v) is 6.72. The standard InChI is InChI=1S/C27H33N3O3/c1-33-24-11-9-21(10-12-24)7-8-22-15-18-29(19-16-22)26(31)13-14-27(32)30-20-17-25(28-30)23-5-3-2-4-6-23/h2-6,9-12,22H,7-8,13-20H2,1H3. The Labute approximate surface area is 196 Å². The molecule has 0 unspecified atom stereocenters. The Balaban J connectivity index is 1.16. The first-order valence-corrected chi connectivity index (χ1v) is 12.0. The van der Waals surface area contributed by atoms with Crippen LogP contribution in [0.1, 0.15) is 49.7 Å². The Bertz CT molecular complexity index is 964. The summed E-state index contributed by atoms with van der Waals surface area (Å²) in [7, 11) is 1.68.